The van der Waals surface area contributed by atoms with Crippen molar-refractivity contribution in [2.24, 2.45) is 0 Å². The Morgan fingerprint density at radius 3 is 2.56 bits per heavy atom. The molecule has 3 rings (SSSR count). The van der Waals surface area contributed by atoms with Gasteiger partial charge < -0.3 is 18.8 Å². The molecule has 8 heteroatoms. The van der Waals surface area contributed by atoms with Crippen LogP contribution in [0.15, 0.2) is 35.1 Å². The van der Waals surface area contributed by atoms with Crippen molar-refractivity contribution >= 4 is 17.8 Å². The van der Waals surface area contributed by atoms with Crippen LogP contribution < -0.4 is 4.90 Å². The molecule has 27 heavy (non-hydrogen) atoms. The maximum atomic E-state index is 11.7. The highest BCUT2D eigenvalue weighted by Gasteiger charge is 2.22. The number of rotatable bonds is 6. The lowest BCUT2D eigenvalue weighted by atomic mass is 10.2. The highest BCUT2D eigenvalue weighted by atomic mass is 16.5. The van der Waals surface area contributed by atoms with Crippen LogP contribution in [0.2, 0.25) is 0 Å². The molecule has 0 bridgehead atoms. The number of hydrogen-bond acceptors (Lipinski definition) is 8. The summed E-state index contributed by atoms with van der Waals surface area (Å²) in [5.41, 5.74) is 0.920. The van der Waals surface area contributed by atoms with Gasteiger partial charge in [0.2, 0.25) is 0 Å². The third-order valence-electron chi connectivity index (χ3n) is 4.47. The number of methoxy groups -OCH3 is 1. The van der Waals surface area contributed by atoms with Gasteiger partial charge in [-0.2, -0.15) is 0 Å². The molecule has 144 valence electrons. The van der Waals surface area contributed by atoms with E-state index in [9.17, 15) is 9.59 Å². The monoisotopic (exact) mass is 373 g/mol. The fourth-order valence-electron chi connectivity index (χ4n) is 3.00. The molecule has 0 N–H and O–H groups in total. The van der Waals surface area contributed by atoms with E-state index in [-0.39, 0.29) is 11.9 Å². The molecule has 2 aromatic rings. The quantitative estimate of drug-likeness (QED) is 0.711. The number of nitrogens with zero attached hydrogens (tertiary/aromatic N) is 3. The van der Waals surface area contributed by atoms with Crippen molar-refractivity contribution in [3.05, 3.63) is 47.5 Å². The van der Waals surface area contributed by atoms with Gasteiger partial charge in [0.15, 0.2) is 0 Å². The molecular weight excluding hydrogens is 350 g/mol. The Labute approximate surface area is 157 Å². The molecule has 0 unspecified atom stereocenters. The number of piperazine rings is 1. The Morgan fingerprint density at radius 1 is 1.15 bits per heavy atom. The Hall–Kier alpha value is -2.87. The summed E-state index contributed by atoms with van der Waals surface area (Å²) >= 11 is 0. The summed E-state index contributed by atoms with van der Waals surface area (Å²) in [5, 5.41) is 0. The Kier molecular flexibility index (Phi) is 6.08. The highest BCUT2D eigenvalue weighted by Crippen LogP contribution is 2.18. The fraction of sp³-hybridized carbons (Fsp3) is 0.421. The fourth-order valence-corrected chi connectivity index (χ4v) is 3.00. The first-order valence-corrected chi connectivity index (χ1v) is 8.87. The molecule has 3 heterocycles. The number of carbonyl (C=O) groups is 2. The standard InChI is InChI=1S/C19H23N3O5/c1-3-26-18(23)14-4-5-17(20-12-14)22-9-7-21(8-10-22)13-16-15(6-11-27-16)19(24)25-2/h4-6,11-12H,3,7-10,13H2,1-2H3. The third-order valence-corrected chi connectivity index (χ3v) is 4.47. The number of aromatic nitrogens is 1. The van der Waals surface area contributed by atoms with Crippen LogP contribution in [0.1, 0.15) is 33.4 Å². The lowest BCUT2D eigenvalue weighted by Crippen LogP contribution is -2.46. The molecule has 0 atom stereocenters. The summed E-state index contributed by atoms with van der Waals surface area (Å²) in [4.78, 5) is 32.2. The van der Waals surface area contributed by atoms with Crippen molar-refractivity contribution in [1.82, 2.24) is 9.88 Å². The van der Waals surface area contributed by atoms with Gasteiger partial charge in [-0.1, -0.05) is 0 Å². The maximum Gasteiger partial charge on any atom is 0.341 e. The van der Waals surface area contributed by atoms with Crippen LogP contribution in [-0.4, -0.2) is 61.7 Å². The van der Waals surface area contributed by atoms with E-state index in [2.05, 4.69) is 14.8 Å². The minimum absolute atomic E-state index is 0.343. The number of esters is 2. The van der Waals surface area contributed by atoms with Gasteiger partial charge in [-0.3, -0.25) is 4.90 Å². The smallest absolute Gasteiger partial charge is 0.341 e. The minimum Gasteiger partial charge on any atom is -0.467 e. The summed E-state index contributed by atoms with van der Waals surface area (Å²) in [5.74, 6) is 0.702. The zero-order valence-electron chi connectivity index (χ0n) is 15.5. The average molecular weight is 373 g/mol. The van der Waals surface area contributed by atoms with Gasteiger partial charge in [0, 0.05) is 32.4 Å². The average Bonchev–Trinajstić information content (AvgIpc) is 3.16. The van der Waals surface area contributed by atoms with E-state index in [1.807, 2.05) is 6.07 Å². The summed E-state index contributed by atoms with van der Waals surface area (Å²) in [6, 6.07) is 5.20. The second-order valence-electron chi connectivity index (χ2n) is 6.14. The lowest BCUT2D eigenvalue weighted by Gasteiger charge is -2.35. The van der Waals surface area contributed by atoms with E-state index < -0.39 is 0 Å². The predicted molar refractivity (Wildman–Crippen MR) is 97.7 cm³/mol. The van der Waals surface area contributed by atoms with Crippen LogP contribution in [0.3, 0.4) is 0 Å². The van der Waals surface area contributed by atoms with Gasteiger partial charge in [-0.25, -0.2) is 14.6 Å². The Balaban J connectivity index is 1.55. The summed E-state index contributed by atoms with van der Waals surface area (Å²) in [6.45, 7) is 5.87. The Bertz CT molecular complexity index is 779. The lowest BCUT2D eigenvalue weighted by molar-refractivity contribution is 0.0524. The van der Waals surface area contributed by atoms with Crippen molar-refractivity contribution in [1.29, 1.82) is 0 Å². The van der Waals surface area contributed by atoms with E-state index in [0.717, 1.165) is 32.0 Å². The van der Waals surface area contributed by atoms with Gasteiger partial charge in [-0.05, 0) is 25.1 Å². The van der Waals surface area contributed by atoms with E-state index in [1.54, 1.807) is 25.3 Å². The van der Waals surface area contributed by atoms with Crippen LogP contribution in [-0.2, 0) is 16.0 Å². The first-order chi connectivity index (χ1) is 13.1. The molecule has 1 aliphatic heterocycles. The molecule has 2 aromatic heterocycles. The molecule has 0 amide bonds. The van der Waals surface area contributed by atoms with Crippen molar-refractivity contribution in [2.45, 2.75) is 13.5 Å². The van der Waals surface area contributed by atoms with E-state index in [0.29, 0.717) is 30.0 Å². The van der Waals surface area contributed by atoms with Gasteiger partial charge in [0.05, 0.1) is 32.1 Å². The maximum absolute atomic E-state index is 11.7. The van der Waals surface area contributed by atoms with Crippen LogP contribution in [0.4, 0.5) is 5.82 Å². The number of hydrogen-bond donors (Lipinski definition) is 0. The second kappa shape index (κ2) is 8.68. The number of anilines is 1. The van der Waals surface area contributed by atoms with E-state index in [4.69, 9.17) is 13.9 Å². The molecule has 0 radical (unpaired) electrons. The van der Waals surface area contributed by atoms with Gasteiger partial charge >= 0.3 is 11.9 Å². The minimum atomic E-state index is -0.386. The molecule has 8 nitrogen and oxygen atoms in total. The van der Waals surface area contributed by atoms with Gasteiger partial charge in [0.1, 0.15) is 17.1 Å². The first-order valence-electron chi connectivity index (χ1n) is 8.87. The molecule has 1 fully saturated rings. The molecule has 1 aliphatic rings. The normalized spacial score (nSPS) is 14.8. The van der Waals surface area contributed by atoms with Gasteiger partial charge in [0.25, 0.3) is 0 Å². The van der Waals surface area contributed by atoms with E-state index in [1.165, 1.54) is 13.4 Å². The SMILES string of the molecule is CCOC(=O)c1ccc(N2CCN(Cc3occc3C(=O)OC)CC2)nc1. The summed E-state index contributed by atoms with van der Waals surface area (Å²) in [6.07, 6.45) is 3.05. The third kappa shape index (κ3) is 4.46. The largest absolute Gasteiger partial charge is 0.467 e. The number of carbonyl (C=O) groups excluding carboxylic acids is 2. The van der Waals surface area contributed by atoms with Crippen molar-refractivity contribution in [3.8, 4) is 0 Å². The summed E-state index contributed by atoms with van der Waals surface area (Å²) in [7, 11) is 1.36. The molecule has 0 spiro atoms. The Morgan fingerprint density at radius 2 is 1.93 bits per heavy atom. The zero-order valence-corrected chi connectivity index (χ0v) is 15.5. The predicted octanol–water partition coefficient (Wildman–Crippen LogP) is 1.96. The first kappa shape index (κ1) is 18.9. The zero-order chi connectivity index (χ0) is 19.2. The van der Waals surface area contributed by atoms with Crippen molar-refractivity contribution in [2.75, 3.05) is 44.8 Å². The summed E-state index contributed by atoms with van der Waals surface area (Å²) < 4.78 is 15.2. The van der Waals surface area contributed by atoms with Crippen molar-refractivity contribution < 1.29 is 23.5 Å². The van der Waals surface area contributed by atoms with Crippen molar-refractivity contribution in [3.63, 3.8) is 0 Å². The molecule has 0 aliphatic carbocycles. The number of ether oxygens (including phenoxy) is 2. The molecule has 1 saturated heterocycles. The van der Waals surface area contributed by atoms with Crippen LogP contribution in [0, 0.1) is 0 Å². The molecular formula is C19H23N3O5. The van der Waals surface area contributed by atoms with Crippen LogP contribution in [0.5, 0.6) is 0 Å². The van der Waals surface area contributed by atoms with Gasteiger partial charge in [-0.15, -0.1) is 0 Å². The number of furan rings is 1. The highest BCUT2D eigenvalue weighted by molar-refractivity contribution is 5.90. The van der Waals surface area contributed by atoms with Crippen LogP contribution >= 0.6 is 0 Å². The molecule has 0 aromatic carbocycles. The molecule has 0 saturated carbocycles. The van der Waals surface area contributed by atoms with Crippen LogP contribution in [0.25, 0.3) is 0 Å². The topological polar surface area (TPSA) is 85.1 Å². The number of pyridine rings is 1. The van der Waals surface area contributed by atoms with E-state index >= 15 is 0 Å². The second-order valence-corrected chi connectivity index (χ2v) is 6.14.